The summed E-state index contributed by atoms with van der Waals surface area (Å²) < 4.78 is 48.2. The Kier molecular flexibility index (Phi) is 4.86. The molecule has 2 aromatic heterocycles. The standard InChI is InChI=1S/C22H24F3N3O4/c1-11-8-15-16(17(22(23,24)25)19(32-15)21(30)31)18-14(11)10-28(26-18)9-12-4-6-27(7-5-12)20(29)13-2-3-13/h10-13H,2-9H2,1H3,(H,30,31). The zero-order chi connectivity index (χ0) is 22.8. The molecule has 3 aliphatic rings. The number of furan rings is 1. The largest absolute Gasteiger partial charge is 0.475 e. The van der Waals surface area contributed by atoms with Crippen LogP contribution in [0.1, 0.15) is 66.0 Å². The number of carbonyl (C=O) groups is 2. The molecule has 0 radical (unpaired) electrons. The molecule has 172 valence electrons. The Hall–Kier alpha value is -2.78. The second kappa shape index (κ2) is 7.38. The topological polar surface area (TPSA) is 88.6 Å². The maximum Gasteiger partial charge on any atom is 0.421 e. The van der Waals surface area contributed by atoms with Crippen LogP contribution < -0.4 is 0 Å². The van der Waals surface area contributed by atoms with Crippen LogP contribution in [0.3, 0.4) is 0 Å². The predicted molar refractivity (Wildman–Crippen MR) is 106 cm³/mol. The van der Waals surface area contributed by atoms with Gasteiger partial charge in [0.2, 0.25) is 11.7 Å². The molecule has 2 aromatic rings. The Labute approximate surface area is 182 Å². The lowest BCUT2D eigenvalue weighted by Gasteiger charge is -2.32. The molecule has 5 rings (SSSR count). The SMILES string of the molecule is CC1Cc2oc(C(=O)O)c(C(F)(F)F)c2-c2nn(CC3CCN(C(=O)C4CC4)CC3)cc21. The minimum atomic E-state index is -4.87. The Balaban J connectivity index is 1.40. The van der Waals surface area contributed by atoms with Gasteiger partial charge in [0.25, 0.3) is 0 Å². The zero-order valence-electron chi connectivity index (χ0n) is 17.6. The number of alkyl halides is 3. The van der Waals surface area contributed by atoms with Gasteiger partial charge in [0.05, 0.1) is 11.3 Å². The first-order valence-corrected chi connectivity index (χ1v) is 11.0. The van der Waals surface area contributed by atoms with Gasteiger partial charge in [-0.3, -0.25) is 9.48 Å². The van der Waals surface area contributed by atoms with Crippen molar-refractivity contribution < 1.29 is 32.3 Å². The summed E-state index contributed by atoms with van der Waals surface area (Å²) in [5, 5.41) is 13.7. The molecule has 0 bridgehead atoms. The first kappa shape index (κ1) is 21.1. The van der Waals surface area contributed by atoms with Gasteiger partial charge in [0, 0.05) is 43.7 Å². The molecule has 1 atom stereocenters. The Morgan fingerprint density at radius 3 is 2.50 bits per heavy atom. The molecule has 32 heavy (non-hydrogen) atoms. The van der Waals surface area contributed by atoms with Crippen molar-refractivity contribution in [2.75, 3.05) is 13.1 Å². The van der Waals surface area contributed by atoms with E-state index in [0.29, 0.717) is 25.2 Å². The maximum absolute atomic E-state index is 13.8. The van der Waals surface area contributed by atoms with Gasteiger partial charge in [-0.2, -0.15) is 18.3 Å². The third-order valence-electron chi connectivity index (χ3n) is 6.81. The van der Waals surface area contributed by atoms with Crippen molar-refractivity contribution in [1.82, 2.24) is 14.7 Å². The lowest BCUT2D eigenvalue weighted by molar-refractivity contribution is -0.138. The van der Waals surface area contributed by atoms with Crippen LogP contribution in [0.2, 0.25) is 0 Å². The Bertz CT molecular complexity index is 1080. The van der Waals surface area contributed by atoms with E-state index in [1.807, 2.05) is 11.8 Å². The first-order valence-electron chi connectivity index (χ1n) is 11.0. The molecular weight excluding hydrogens is 427 g/mol. The fraction of sp³-hybridized carbons (Fsp3) is 0.591. The molecule has 1 unspecified atom stereocenters. The number of carboxylic acids is 1. The minimum absolute atomic E-state index is 0.0203. The van der Waals surface area contributed by atoms with Crippen molar-refractivity contribution >= 4 is 11.9 Å². The maximum atomic E-state index is 13.8. The third-order valence-corrected chi connectivity index (χ3v) is 6.81. The highest BCUT2D eigenvalue weighted by Gasteiger charge is 2.46. The van der Waals surface area contributed by atoms with Crippen LogP contribution in [0.15, 0.2) is 10.6 Å². The van der Waals surface area contributed by atoms with Crippen LogP contribution in [0, 0.1) is 11.8 Å². The summed E-state index contributed by atoms with van der Waals surface area (Å²) in [6.07, 6.45) is 0.710. The smallest absolute Gasteiger partial charge is 0.421 e. The van der Waals surface area contributed by atoms with Gasteiger partial charge in [-0.25, -0.2) is 4.79 Å². The summed E-state index contributed by atoms with van der Waals surface area (Å²) in [7, 11) is 0. The van der Waals surface area contributed by atoms with Crippen LogP contribution in [0.4, 0.5) is 13.2 Å². The summed E-state index contributed by atoms with van der Waals surface area (Å²) in [5.74, 6) is -2.22. The number of amides is 1. The fourth-order valence-electron chi connectivity index (χ4n) is 4.96. The van der Waals surface area contributed by atoms with Crippen LogP contribution >= 0.6 is 0 Å². The van der Waals surface area contributed by atoms with Gasteiger partial charge in [-0.05, 0) is 37.5 Å². The molecule has 3 heterocycles. The van der Waals surface area contributed by atoms with Crippen molar-refractivity contribution in [3.63, 3.8) is 0 Å². The average Bonchev–Trinajstić information content (AvgIpc) is 3.36. The van der Waals surface area contributed by atoms with Crippen molar-refractivity contribution in [2.45, 2.75) is 57.7 Å². The van der Waals surface area contributed by atoms with E-state index < -0.39 is 23.5 Å². The van der Waals surface area contributed by atoms with E-state index in [9.17, 15) is 27.9 Å². The number of piperidine rings is 1. The normalized spacial score (nSPS) is 21.4. The highest BCUT2D eigenvalue weighted by molar-refractivity contribution is 5.91. The number of hydrogen-bond donors (Lipinski definition) is 1. The molecule has 1 aliphatic heterocycles. The van der Waals surface area contributed by atoms with Gasteiger partial charge >= 0.3 is 12.1 Å². The van der Waals surface area contributed by atoms with Gasteiger partial charge in [0.1, 0.15) is 11.3 Å². The molecule has 7 nitrogen and oxygen atoms in total. The summed E-state index contributed by atoms with van der Waals surface area (Å²) in [6, 6.07) is 0. The lowest BCUT2D eigenvalue weighted by atomic mass is 9.86. The molecule has 0 spiro atoms. The van der Waals surface area contributed by atoms with Crippen molar-refractivity contribution in [1.29, 1.82) is 0 Å². The third kappa shape index (κ3) is 3.59. The van der Waals surface area contributed by atoms with Gasteiger partial charge in [0.15, 0.2) is 0 Å². The first-order chi connectivity index (χ1) is 15.1. The predicted octanol–water partition coefficient (Wildman–Crippen LogP) is 4.17. The number of likely N-dealkylation sites (tertiary alicyclic amines) is 1. The molecule has 0 aromatic carbocycles. The van der Waals surface area contributed by atoms with Crippen LogP contribution in [0.5, 0.6) is 0 Å². The summed E-state index contributed by atoms with van der Waals surface area (Å²) >= 11 is 0. The number of aromatic nitrogens is 2. The highest BCUT2D eigenvalue weighted by atomic mass is 19.4. The van der Waals surface area contributed by atoms with Crippen LogP contribution in [-0.2, 0) is 23.9 Å². The number of fused-ring (bicyclic) bond motifs is 3. The van der Waals surface area contributed by atoms with E-state index in [-0.39, 0.29) is 47.1 Å². The van der Waals surface area contributed by atoms with Crippen molar-refractivity contribution in [3.8, 4) is 11.3 Å². The van der Waals surface area contributed by atoms with E-state index in [4.69, 9.17) is 4.42 Å². The number of nitrogens with zero attached hydrogens (tertiary/aromatic N) is 3. The second-order valence-electron chi connectivity index (χ2n) is 9.21. The zero-order valence-corrected chi connectivity index (χ0v) is 17.6. The van der Waals surface area contributed by atoms with Crippen LogP contribution in [0.25, 0.3) is 11.3 Å². The van der Waals surface area contributed by atoms with E-state index >= 15 is 0 Å². The monoisotopic (exact) mass is 451 g/mol. The second-order valence-corrected chi connectivity index (χ2v) is 9.21. The van der Waals surface area contributed by atoms with E-state index in [2.05, 4.69) is 5.10 Å². The summed E-state index contributed by atoms with van der Waals surface area (Å²) in [6.45, 7) is 3.81. The lowest BCUT2D eigenvalue weighted by Crippen LogP contribution is -2.40. The van der Waals surface area contributed by atoms with E-state index in [0.717, 1.165) is 25.7 Å². The molecule has 2 fully saturated rings. The molecule has 1 saturated carbocycles. The Morgan fingerprint density at radius 2 is 1.91 bits per heavy atom. The average molecular weight is 451 g/mol. The number of halogens is 3. The van der Waals surface area contributed by atoms with Gasteiger partial charge in [-0.15, -0.1) is 0 Å². The number of carbonyl (C=O) groups excluding carboxylic acids is 1. The summed E-state index contributed by atoms with van der Waals surface area (Å²) in [4.78, 5) is 25.6. The Morgan fingerprint density at radius 1 is 1.22 bits per heavy atom. The molecule has 1 N–H and O–H groups in total. The number of carboxylic acid groups (broad SMARTS) is 1. The highest BCUT2D eigenvalue weighted by Crippen LogP contribution is 2.48. The van der Waals surface area contributed by atoms with Crippen LogP contribution in [-0.4, -0.2) is 44.8 Å². The quantitative estimate of drug-likeness (QED) is 0.754. The van der Waals surface area contributed by atoms with Crippen molar-refractivity contribution in [3.05, 3.63) is 28.8 Å². The molecule has 10 heteroatoms. The molecule has 1 saturated heterocycles. The fourth-order valence-corrected chi connectivity index (χ4v) is 4.96. The minimum Gasteiger partial charge on any atom is -0.475 e. The van der Waals surface area contributed by atoms with Crippen molar-refractivity contribution in [2.24, 2.45) is 11.8 Å². The molecule has 1 amide bonds. The number of hydrogen-bond acceptors (Lipinski definition) is 4. The number of aromatic carboxylic acids is 1. The van der Waals surface area contributed by atoms with Gasteiger partial charge < -0.3 is 14.4 Å². The van der Waals surface area contributed by atoms with Gasteiger partial charge in [-0.1, -0.05) is 6.92 Å². The number of rotatable bonds is 4. The molecular formula is C22H24F3N3O4. The summed E-state index contributed by atoms with van der Waals surface area (Å²) in [5.41, 5.74) is -0.678. The molecule has 2 aliphatic carbocycles. The van der Waals surface area contributed by atoms with E-state index in [1.54, 1.807) is 10.9 Å². The van der Waals surface area contributed by atoms with E-state index in [1.165, 1.54) is 0 Å².